The van der Waals surface area contributed by atoms with Gasteiger partial charge in [0.25, 0.3) is 0 Å². The summed E-state index contributed by atoms with van der Waals surface area (Å²) in [6.07, 6.45) is 4.88. The van der Waals surface area contributed by atoms with E-state index in [1.807, 2.05) is 6.92 Å². The zero-order valence-corrected chi connectivity index (χ0v) is 12.1. The maximum Gasteiger partial charge on any atom is 0.307 e. The second-order valence-electron chi connectivity index (χ2n) is 5.85. The van der Waals surface area contributed by atoms with Gasteiger partial charge in [0, 0.05) is 6.42 Å². The molecular weight excluding hydrogens is 250 g/mol. The van der Waals surface area contributed by atoms with Gasteiger partial charge in [-0.1, -0.05) is 29.8 Å². The van der Waals surface area contributed by atoms with Gasteiger partial charge in [0.1, 0.15) is 0 Å². The zero-order chi connectivity index (χ0) is 14.2. The van der Waals surface area contributed by atoms with Crippen molar-refractivity contribution >= 4 is 5.95 Å². The number of imidazole rings is 1. The molecule has 2 heterocycles. The van der Waals surface area contributed by atoms with Crippen molar-refractivity contribution in [2.24, 2.45) is 0 Å². The summed E-state index contributed by atoms with van der Waals surface area (Å²) in [6, 6.07) is 8.34. The Morgan fingerprint density at radius 1 is 1.25 bits per heavy atom. The lowest BCUT2D eigenvalue weighted by Crippen LogP contribution is -2.54. The minimum absolute atomic E-state index is 0.0840. The number of aromatic nitrogens is 2. The Hall–Kier alpha value is -1.65. The Morgan fingerprint density at radius 3 is 2.70 bits per heavy atom. The molecule has 1 saturated heterocycles. The molecule has 0 radical (unpaired) electrons. The van der Waals surface area contributed by atoms with Gasteiger partial charge >= 0.3 is 5.95 Å². The van der Waals surface area contributed by atoms with Crippen molar-refractivity contribution < 1.29 is 0 Å². The zero-order valence-electron chi connectivity index (χ0n) is 12.1. The third-order valence-corrected chi connectivity index (χ3v) is 4.36. The minimum atomic E-state index is -0.314. The molecule has 1 aromatic carbocycles. The molecule has 1 aliphatic rings. The highest BCUT2D eigenvalue weighted by Crippen LogP contribution is 2.31. The van der Waals surface area contributed by atoms with E-state index in [4.69, 9.17) is 0 Å². The number of nitrogens with zero attached hydrogens (tertiary/aromatic N) is 2. The lowest BCUT2D eigenvalue weighted by molar-refractivity contribution is 0.220. The summed E-state index contributed by atoms with van der Waals surface area (Å²) < 4.78 is -0.314. The molecule has 0 saturated carbocycles. The summed E-state index contributed by atoms with van der Waals surface area (Å²) in [7, 11) is 0. The maximum absolute atomic E-state index is 13.0. The van der Waals surface area contributed by atoms with E-state index in [2.05, 4.69) is 41.2 Å². The monoisotopic (exact) mass is 271 g/mol. The fourth-order valence-corrected chi connectivity index (χ4v) is 2.91. The van der Waals surface area contributed by atoms with E-state index in [-0.39, 0.29) is 10.7 Å². The number of rotatable bonds is 2. The first-order valence-electron chi connectivity index (χ1n) is 7.31. The van der Waals surface area contributed by atoms with Crippen LogP contribution in [0.15, 0.2) is 30.5 Å². The fraction of sp³-hybridized carbons (Fsp3) is 0.438. The Bertz CT molecular complexity index is 590. The van der Waals surface area contributed by atoms with E-state index < -0.39 is 0 Å². The first-order chi connectivity index (χ1) is 9.59. The molecule has 1 fully saturated rings. The number of hydroxylamine groups is 2. The lowest BCUT2D eigenvalue weighted by atomic mass is 10.0. The van der Waals surface area contributed by atoms with Crippen LogP contribution in [0, 0.1) is 12.1 Å². The van der Waals surface area contributed by atoms with Crippen LogP contribution in [0.25, 0.3) is 11.3 Å². The van der Waals surface area contributed by atoms with E-state index in [1.165, 1.54) is 5.56 Å². The van der Waals surface area contributed by atoms with Crippen LogP contribution < -0.4 is 4.65 Å². The van der Waals surface area contributed by atoms with E-state index in [1.54, 1.807) is 6.20 Å². The molecule has 0 aliphatic carbocycles. The molecule has 1 aromatic heterocycles. The van der Waals surface area contributed by atoms with Crippen LogP contribution in [0.1, 0.15) is 31.7 Å². The van der Waals surface area contributed by atoms with Crippen molar-refractivity contribution in [3.63, 3.8) is 0 Å². The highest BCUT2D eigenvalue weighted by Gasteiger charge is 2.33. The van der Waals surface area contributed by atoms with Crippen molar-refractivity contribution in [3.05, 3.63) is 41.2 Å². The van der Waals surface area contributed by atoms with Gasteiger partial charge < -0.3 is 5.21 Å². The van der Waals surface area contributed by atoms with Gasteiger partial charge in [-0.3, -0.25) is 9.63 Å². The van der Waals surface area contributed by atoms with Crippen molar-refractivity contribution in [1.29, 1.82) is 0 Å². The normalized spacial score (nSPS) is 26.6. The van der Waals surface area contributed by atoms with Gasteiger partial charge in [-0.25, -0.2) is 0 Å². The van der Waals surface area contributed by atoms with E-state index in [9.17, 15) is 5.21 Å². The number of aryl methyl sites for hydroxylation is 1. The van der Waals surface area contributed by atoms with Crippen molar-refractivity contribution in [3.8, 4) is 11.3 Å². The van der Waals surface area contributed by atoms with Crippen molar-refractivity contribution in [1.82, 2.24) is 14.6 Å². The summed E-state index contributed by atoms with van der Waals surface area (Å²) in [4.78, 5) is 7.60. The van der Waals surface area contributed by atoms with Crippen molar-refractivity contribution in [2.45, 2.75) is 39.2 Å². The average Bonchev–Trinajstić information content (AvgIpc) is 2.93. The predicted octanol–water partition coefficient (Wildman–Crippen LogP) is 3.76. The van der Waals surface area contributed by atoms with Crippen LogP contribution in [-0.4, -0.2) is 22.6 Å². The number of quaternary nitrogens is 1. The molecule has 2 aromatic rings. The highest BCUT2D eigenvalue weighted by atomic mass is 16.6. The molecule has 4 nitrogen and oxygen atoms in total. The Labute approximate surface area is 119 Å². The topological polar surface area (TPSA) is 51.7 Å². The van der Waals surface area contributed by atoms with Gasteiger partial charge in [-0.15, -0.1) is 0 Å². The molecule has 0 bridgehead atoms. The number of hydrogen-bond acceptors (Lipinski definition) is 2. The third kappa shape index (κ3) is 2.25. The summed E-state index contributed by atoms with van der Waals surface area (Å²) in [5.74, 6) is 0.549. The number of benzene rings is 1. The van der Waals surface area contributed by atoms with E-state index in [0.29, 0.717) is 12.5 Å². The van der Waals surface area contributed by atoms with Crippen molar-refractivity contribution in [2.75, 3.05) is 6.54 Å². The second kappa shape index (κ2) is 5.04. The largest absolute Gasteiger partial charge is 0.625 e. The van der Waals surface area contributed by atoms with Crippen LogP contribution in [-0.2, 0) is 0 Å². The Balaban J connectivity index is 1.91. The molecule has 0 spiro atoms. The van der Waals surface area contributed by atoms with Gasteiger partial charge in [-0.2, -0.15) is 4.98 Å². The van der Waals surface area contributed by atoms with Crippen LogP contribution >= 0.6 is 0 Å². The molecule has 3 rings (SSSR count). The summed E-state index contributed by atoms with van der Waals surface area (Å²) in [6.45, 7) is 4.72. The third-order valence-electron chi connectivity index (χ3n) is 4.36. The number of piperidine rings is 1. The molecule has 1 N–H and O–H groups in total. The van der Waals surface area contributed by atoms with Crippen LogP contribution in [0.2, 0.25) is 0 Å². The summed E-state index contributed by atoms with van der Waals surface area (Å²) in [5, 5.41) is 13.0. The molecule has 106 valence electrons. The number of H-pyrrole nitrogens is 1. The van der Waals surface area contributed by atoms with Crippen LogP contribution in [0.4, 0.5) is 5.95 Å². The molecule has 4 heteroatoms. The fourth-order valence-electron chi connectivity index (χ4n) is 2.91. The summed E-state index contributed by atoms with van der Waals surface area (Å²) in [5.41, 5.74) is 3.22. The second-order valence-corrected chi connectivity index (χ2v) is 5.85. The van der Waals surface area contributed by atoms with Crippen LogP contribution in [0.5, 0.6) is 0 Å². The number of hydrogen-bond donors (Lipinski definition) is 1. The minimum Gasteiger partial charge on any atom is -0.625 e. The van der Waals surface area contributed by atoms with Gasteiger partial charge in [0.2, 0.25) is 0 Å². The van der Waals surface area contributed by atoms with Crippen LogP contribution in [0.3, 0.4) is 0 Å². The first-order valence-corrected chi connectivity index (χ1v) is 7.31. The molecule has 1 aliphatic heterocycles. The maximum atomic E-state index is 13.0. The molecular formula is C16H21N3O. The van der Waals surface area contributed by atoms with Gasteiger partial charge in [0.05, 0.1) is 24.5 Å². The Morgan fingerprint density at radius 2 is 2.00 bits per heavy atom. The number of nitrogens with one attached hydrogen (secondary N) is 1. The molecule has 2 atom stereocenters. The first kappa shape index (κ1) is 13.3. The van der Waals surface area contributed by atoms with E-state index >= 15 is 0 Å². The highest BCUT2D eigenvalue weighted by molar-refractivity contribution is 5.60. The quantitative estimate of drug-likeness (QED) is 0.668. The molecule has 0 amide bonds. The molecule has 2 unspecified atom stereocenters. The van der Waals surface area contributed by atoms with Gasteiger partial charge in [0.15, 0.2) is 0 Å². The predicted molar refractivity (Wildman–Crippen MR) is 82.1 cm³/mol. The summed E-state index contributed by atoms with van der Waals surface area (Å²) >= 11 is 0. The smallest absolute Gasteiger partial charge is 0.307 e. The average molecular weight is 271 g/mol. The SMILES string of the molecule is Cc1ccc(-c2cnc([N+]3([O-])CCCCC3C)[nH]2)cc1. The lowest BCUT2D eigenvalue weighted by Gasteiger charge is -2.47. The standard InChI is InChI=1S/C16H21N3O/c1-12-6-8-14(9-7-12)15-11-17-16(18-15)19(20)10-4-3-5-13(19)2/h6-9,11,13H,3-5,10H2,1-2H3,(H,17,18). The molecule has 20 heavy (non-hydrogen) atoms. The number of aromatic amines is 1. The van der Waals surface area contributed by atoms with Gasteiger partial charge in [-0.05, 0) is 32.3 Å². The Kier molecular flexibility index (Phi) is 3.36. The van der Waals surface area contributed by atoms with E-state index in [0.717, 1.165) is 30.5 Å².